The van der Waals surface area contributed by atoms with Crippen LogP contribution >= 0.6 is 0 Å². The highest BCUT2D eigenvalue weighted by atomic mass is 16.6. The van der Waals surface area contributed by atoms with Crippen LogP contribution in [0, 0.1) is 0 Å². The molecule has 60 heavy (non-hydrogen) atoms. The molecule has 0 bridgehead atoms. The number of aromatic amines is 2. The van der Waals surface area contributed by atoms with Gasteiger partial charge >= 0.3 is 24.2 Å². The van der Waals surface area contributed by atoms with Crippen LogP contribution in [0.4, 0.5) is 14.4 Å². The standard InChI is InChI=1S/C45H59N7O8/c1-43(2,3)58-40(54)50(10)26-29-22-27(33-24-46-37(48-33)35-14-12-20-51(35)41(55)59-44(4,5)6)16-18-30(29)31-19-17-28(23-32(31)39(53)57-11)34-25-47-38(49-34)36-15-13-21-52(36)42(56)60-45(7,8)9/h16-19,22-25,35-36H,12-15,20-21,26H2,1-11H3,(H,46,48)(H,47,49)/t35-,36-/m0/s1. The van der Waals surface area contributed by atoms with Gasteiger partial charge in [-0.25, -0.2) is 29.1 Å². The van der Waals surface area contributed by atoms with Gasteiger partial charge in [0, 0.05) is 32.2 Å². The second-order valence-corrected chi connectivity index (χ2v) is 18.5. The van der Waals surface area contributed by atoms with Gasteiger partial charge in [0.05, 0.1) is 48.5 Å². The fourth-order valence-electron chi connectivity index (χ4n) is 7.53. The normalized spacial score (nSPS) is 17.1. The smallest absolute Gasteiger partial charge is 0.410 e. The third-order valence-electron chi connectivity index (χ3n) is 10.1. The molecule has 322 valence electrons. The minimum atomic E-state index is -0.706. The van der Waals surface area contributed by atoms with Crippen molar-refractivity contribution in [3.05, 3.63) is 71.6 Å². The number of hydrogen-bond acceptors (Lipinski definition) is 10. The van der Waals surface area contributed by atoms with Crippen LogP contribution in [0.15, 0.2) is 48.8 Å². The zero-order valence-electron chi connectivity index (χ0n) is 36.7. The number of carbonyl (C=O) groups excluding carboxylic acids is 4. The van der Waals surface area contributed by atoms with Gasteiger partial charge in [-0.2, -0.15) is 0 Å². The van der Waals surface area contributed by atoms with Crippen LogP contribution in [-0.4, -0.2) is 103 Å². The second-order valence-electron chi connectivity index (χ2n) is 18.5. The topological polar surface area (TPSA) is 172 Å². The number of H-pyrrole nitrogens is 2. The maximum Gasteiger partial charge on any atom is 0.410 e. The second kappa shape index (κ2) is 17.0. The Balaban J connectivity index is 1.35. The van der Waals surface area contributed by atoms with E-state index in [0.29, 0.717) is 52.7 Å². The molecule has 2 aromatic heterocycles. The first kappa shape index (κ1) is 43.7. The number of nitrogens with zero attached hydrogens (tertiary/aromatic N) is 5. The van der Waals surface area contributed by atoms with E-state index in [9.17, 15) is 19.2 Å². The van der Waals surface area contributed by atoms with E-state index >= 15 is 0 Å². The van der Waals surface area contributed by atoms with Crippen molar-refractivity contribution in [3.63, 3.8) is 0 Å². The maximum atomic E-state index is 13.6. The molecule has 6 rings (SSSR count). The van der Waals surface area contributed by atoms with Gasteiger partial charge in [-0.05, 0) is 122 Å². The highest BCUT2D eigenvalue weighted by molar-refractivity contribution is 5.99. The molecule has 0 radical (unpaired) electrons. The molecule has 15 nitrogen and oxygen atoms in total. The first-order chi connectivity index (χ1) is 28.1. The van der Waals surface area contributed by atoms with Gasteiger partial charge in [-0.3, -0.25) is 9.80 Å². The van der Waals surface area contributed by atoms with Crippen molar-refractivity contribution in [2.45, 2.75) is 123 Å². The van der Waals surface area contributed by atoms with Crippen LogP contribution in [0.25, 0.3) is 33.6 Å². The molecule has 3 amide bonds. The summed E-state index contributed by atoms with van der Waals surface area (Å²) in [5.74, 6) is 0.742. The molecule has 0 saturated carbocycles. The number of methoxy groups -OCH3 is 1. The fourth-order valence-corrected chi connectivity index (χ4v) is 7.53. The van der Waals surface area contributed by atoms with E-state index in [-0.39, 0.29) is 30.8 Å². The lowest BCUT2D eigenvalue weighted by molar-refractivity contribution is 0.0208. The molecule has 2 N–H and O–H groups in total. The molecule has 2 saturated heterocycles. The number of esters is 1. The average Bonchev–Trinajstić information content (AvgIpc) is 3.99. The Labute approximate surface area is 352 Å². The van der Waals surface area contributed by atoms with Crippen LogP contribution in [0.2, 0.25) is 0 Å². The minimum Gasteiger partial charge on any atom is -0.465 e. The number of benzene rings is 2. The maximum absolute atomic E-state index is 13.6. The number of nitrogens with one attached hydrogen (secondary N) is 2. The number of aromatic nitrogens is 4. The van der Waals surface area contributed by atoms with Crippen molar-refractivity contribution in [2.75, 3.05) is 27.2 Å². The van der Waals surface area contributed by atoms with E-state index in [1.807, 2.05) is 92.6 Å². The highest BCUT2D eigenvalue weighted by Gasteiger charge is 2.36. The van der Waals surface area contributed by atoms with E-state index in [1.165, 1.54) is 12.0 Å². The molecule has 0 spiro atoms. The summed E-state index contributed by atoms with van der Waals surface area (Å²) in [5, 5.41) is 0. The molecular formula is C45H59N7O8. The van der Waals surface area contributed by atoms with Gasteiger partial charge in [0.2, 0.25) is 0 Å². The van der Waals surface area contributed by atoms with E-state index in [0.717, 1.165) is 42.5 Å². The summed E-state index contributed by atoms with van der Waals surface area (Å²) in [6.45, 7) is 17.8. The summed E-state index contributed by atoms with van der Waals surface area (Å²) in [4.78, 5) is 74.0. The van der Waals surface area contributed by atoms with Crippen molar-refractivity contribution in [1.29, 1.82) is 0 Å². The Hall–Kier alpha value is -5.86. The summed E-state index contributed by atoms with van der Waals surface area (Å²) in [5.41, 5.74) is 3.27. The Kier molecular flexibility index (Phi) is 12.4. The Morgan fingerprint density at radius 3 is 1.63 bits per heavy atom. The zero-order chi connectivity index (χ0) is 43.7. The van der Waals surface area contributed by atoms with Crippen molar-refractivity contribution in [1.82, 2.24) is 34.6 Å². The lowest BCUT2D eigenvalue weighted by atomic mass is 9.91. The molecule has 2 aliphatic rings. The SMILES string of the molecule is COC(=O)c1cc(-c2cnc([C@@H]3CCCN3C(=O)OC(C)(C)C)[nH]2)ccc1-c1ccc(-c2cnc([C@@H]3CCCN3C(=O)OC(C)(C)C)[nH]2)cc1CN(C)C(=O)OC(C)(C)C. The molecule has 2 aliphatic heterocycles. The molecule has 2 fully saturated rings. The molecule has 4 aromatic rings. The summed E-state index contributed by atoms with van der Waals surface area (Å²) in [7, 11) is 3.00. The average molecular weight is 826 g/mol. The molecule has 15 heteroatoms. The monoisotopic (exact) mass is 825 g/mol. The van der Waals surface area contributed by atoms with Crippen LogP contribution in [0.5, 0.6) is 0 Å². The Morgan fingerprint density at radius 2 is 1.17 bits per heavy atom. The van der Waals surface area contributed by atoms with Crippen molar-refractivity contribution >= 4 is 24.2 Å². The molecular weight excluding hydrogens is 767 g/mol. The van der Waals surface area contributed by atoms with E-state index < -0.39 is 28.9 Å². The number of rotatable bonds is 8. The van der Waals surface area contributed by atoms with E-state index in [2.05, 4.69) is 15.0 Å². The largest absolute Gasteiger partial charge is 0.465 e. The van der Waals surface area contributed by atoms with Gasteiger partial charge < -0.3 is 33.8 Å². The van der Waals surface area contributed by atoms with Crippen molar-refractivity contribution in [2.24, 2.45) is 0 Å². The van der Waals surface area contributed by atoms with Crippen LogP contribution in [0.1, 0.15) is 128 Å². The Morgan fingerprint density at radius 1 is 0.700 bits per heavy atom. The molecule has 0 aliphatic carbocycles. The van der Waals surface area contributed by atoms with Gasteiger partial charge in [0.1, 0.15) is 28.5 Å². The molecule has 0 unspecified atom stereocenters. The molecule has 4 heterocycles. The predicted octanol–water partition coefficient (Wildman–Crippen LogP) is 9.43. The van der Waals surface area contributed by atoms with Crippen LogP contribution in [0.3, 0.4) is 0 Å². The number of amides is 3. The third-order valence-corrected chi connectivity index (χ3v) is 10.1. The predicted molar refractivity (Wildman–Crippen MR) is 226 cm³/mol. The van der Waals surface area contributed by atoms with E-state index in [4.69, 9.17) is 23.9 Å². The number of carbonyl (C=O) groups is 4. The van der Waals surface area contributed by atoms with Gasteiger partial charge in [0.25, 0.3) is 0 Å². The van der Waals surface area contributed by atoms with Gasteiger partial charge in [-0.15, -0.1) is 0 Å². The van der Waals surface area contributed by atoms with Gasteiger partial charge in [0.15, 0.2) is 0 Å². The van der Waals surface area contributed by atoms with Crippen molar-refractivity contribution in [3.8, 4) is 33.6 Å². The number of likely N-dealkylation sites (tertiary alicyclic amines) is 2. The summed E-state index contributed by atoms with van der Waals surface area (Å²) < 4.78 is 22.3. The Bertz CT molecular complexity index is 2220. The van der Waals surface area contributed by atoms with E-state index in [1.54, 1.807) is 35.3 Å². The zero-order valence-corrected chi connectivity index (χ0v) is 36.7. The first-order valence-electron chi connectivity index (χ1n) is 20.5. The van der Waals surface area contributed by atoms with Crippen LogP contribution < -0.4 is 0 Å². The third kappa shape index (κ3) is 10.3. The number of ether oxygens (including phenoxy) is 4. The number of hydrogen-bond donors (Lipinski definition) is 2. The minimum absolute atomic E-state index is 0.149. The summed E-state index contributed by atoms with van der Waals surface area (Å²) in [6, 6.07) is 10.8. The van der Waals surface area contributed by atoms with Gasteiger partial charge in [-0.1, -0.05) is 24.3 Å². The highest BCUT2D eigenvalue weighted by Crippen LogP contribution is 2.38. The molecule has 2 atom stereocenters. The van der Waals surface area contributed by atoms with Crippen molar-refractivity contribution < 1.29 is 38.1 Å². The summed E-state index contributed by atoms with van der Waals surface area (Å²) >= 11 is 0. The van der Waals surface area contributed by atoms with Crippen LogP contribution in [-0.2, 0) is 25.5 Å². The lowest BCUT2D eigenvalue weighted by Gasteiger charge is -2.27. The number of imidazole rings is 2. The molecule has 2 aromatic carbocycles. The summed E-state index contributed by atoms with van der Waals surface area (Å²) in [6.07, 6.45) is 5.30. The fraction of sp³-hybridized carbons (Fsp3) is 0.511. The first-order valence-corrected chi connectivity index (χ1v) is 20.5. The quantitative estimate of drug-likeness (QED) is 0.129. The lowest BCUT2D eigenvalue weighted by Crippen LogP contribution is -2.36.